The fourth-order valence-corrected chi connectivity index (χ4v) is 3.15. The van der Waals surface area contributed by atoms with Gasteiger partial charge in [-0.05, 0) is 44.8 Å². The normalized spacial score (nSPS) is 16.2. The number of nitrogens with one attached hydrogen (secondary N) is 2. The number of amides is 1. The monoisotopic (exact) mass is 285 g/mol. The number of carbonyl (C=O) groups is 1. The van der Waals surface area contributed by atoms with Gasteiger partial charge in [0, 0.05) is 30.2 Å². The Morgan fingerprint density at radius 3 is 2.81 bits per heavy atom. The summed E-state index contributed by atoms with van der Waals surface area (Å²) in [6.07, 6.45) is 4.17. The molecule has 1 aromatic carbocycles. The highest BCUT2D eigenvalue weighted by Crippen LogP contribution is 2.21. The zero-order chi connectivity index (χ0) is 14.7. The van der Waals surface area contributed by atoms with Crippen LogP contribution in [-0.2, 0) is 0 Å². The summed E-state index contributed by atoms with van der Waals surface area (Å²) in [7, 11) is 0. The van der Waals surface area contributed by atoms with Crippen LogP contribution in [0.1, 0.15) is 30.1 Å². The van der Waals surface area contributed by atoms with Crippen molar-refractivity contribution in [2.75, 3.05) is 26.2 Å². The second-order valence-corrected chi connectivity index (χ2v) is 5.79. The Morgan fingerprint density at radius 2 is 2.05 bits per heavy atom. The van der Waals surface area contributed by atoms with E-state index in [4.69, 9.17) is 0 Å². The number of piperidine rings is 1. The molecule has 0 atom stereocenters. The maximum Gasteiger partial charge on any atom is 0.256 e. The molecule has 4 heteroatoms. The summed E-state index contributed by atoms with van der Waals surface area (Å²) in [6.45, 7) is 5.85. The predicted molar refractivity (Wildman–Crippen MR) is 85.5 cm³/mol. The van der Waals surface area contributed by atoms with Gasteiger partial charge in [0.1, 0.15) is 0 Å². The molecular formula is C17H23N3O. The zero-order valence-electron chi connectivity index (χ0n) is 12.6. The molecule has 0 spiro atoms. The predicted octanol–water partition coefficient (Wildman–Crippen LogP) is 2.63. The van der Waals surface area contributed by atoms with Crippen LogP contribution in [0.3, 0.4) is 0 Å². The number of aromatic nitrogens is 1. The van der Waals surface area contributed by atoms with Gasteiger partial charge in [0.15, 0.2) is 0 Å². The lowest BCUT2D eigenvalue weighted by atomic mass is 9.97. The number of hydrogen-bond donors (Lipinski definition) is 2. The Hall–Kier alpha value is -1.81. The van der Waals surface area contributed by atoms with Crippen molar-refractivity contribution >= 4 is 16.8 Å². The lowest BCUT2D eigenvalue weighted by Crippen LogP contribution is -2.39. The van der Waals surface area contributed by atoms with Gasteiger partial charge in [-0.2, -0.15) is 0 Å². The number of benzene rings is 1. The Morgan fingerprint density at radius 1 is 1.29 bits per heavy atom. The minimum atomic E-state index is 0.147. The van der Waals surface area contributed by atoms with E-state index in [1.807, 2.05) is 35.4 Å². The van der Waals surface area contributed by atoms with E-state index in [-0.39, 0.29) is 5.91 Å². The number of nitrogens with zero attached hydrogens (tertiary/aromatic N) is 1. The Bertz CT molecular complexity index is 613. The molecule has 3 rings (SSSR count). The second-order valence-electron chi connectivity index (χ2n) is 5.79. The molecule has 112 valence electrons. The average Bonchev–Trinajstić information content (AvgIpc) is 2.97. The molecule has 1 aromatic heterocycles. The van der Waals surface area contributed by atoms with Crippen molar-refractivity contribution in [3.63, 3.8) is 0 Å². The summed E-state index contributed by atoms with van der Waals surface area (Å²) in [4.78, 5) is 18.0. The SMILES string of the molecule is CCN(CC1CCNCC1)C(=O)c1c[nH]c2ccccc12. The summed E-state index contributed by atoms with van der Waals surface area (Å²) in [6, 6.07) is 7.99. The van der Waals surface area contributed by atoms with E-state index in [0.717, 1.165) is 55.5 Å². The molecule has 1 saturated heterocycles. The summed E-state index contributed by atoms with van der Waals surface area (Å²) in [5.41, 5.74) is 1.82. The quantitative estimate of drug-likeness (QED) is 0.907. The van der Waals surface area contributed by atoms with E-state index in [0.29, 0.717) is 5.92 Å². The zero-order valence-corrected chi connectivity index (χ0v) is 12.6. The first-order valence-corrected chi connectivity index (χ1v) is 7.85. The highest BCUT2D eigenvalue weighted by atomic mass is 16.2. The first kappa shape index (κ1) is 14.1. The molecule has 1 amide bonds. The molecular weight excluding hydrogens is 262 g/mol. The second kappa shape index (κ2) is 6.31. The number of H-pyrrole nitrogens is 1. The number of aromatic amines is 1. The molecule has 1 fully saturated rings. The third-order valence-electron chi connectivity index (χ3n) is 4.43. The van der Waals surface area contributed by atoms with Gasteiger partial charge in [0.25, 0.3) is 5.91 Å². The smallest absolute Gasteiger partial charge is 0.256 e. The molecule has 0 unspecified atom stereocenters. The van der Waals surface area contributed by atoms with Crippen molar-refractivity contribution in [2.45, 2.75) is 19.8 Å². The highest BCUT2D eigenvalue weighted by Gasteiger charge is 2.22. The van der Waals surface area contributed by atoms with Crippen LogP contribution < -0.4 is 5.32 Å². The fraction of sp³-hybridized carbons (Fsp3) is 0.471. The van der Waals surface area contributed by atoms with Crippen molar-refractivity contribution in [3.05, 3.63) is 36.0 Å². The van der Waals surface area contributed by atoms with Crippen LogP contribution in [0.4, 0.5) is 0 Å². The molecule has 2 aromatic rings. The van der Waals surface area contributed by atoms with Crippen LogP contribution in [0.2, 0.25) is 0 Å². The number of fused-ring (bicyclic) bond motifs is 1. The maximum absolute atomic E-state index is 12.8. The van der Waals surface area contributed by atoms with E-state index in [9.17, 15) is 4.79 Å². The summed E-state index contributed by atoms with van der Waals surface area (Å²) < 4.78 is 0. The average molecular weight is 285 g/mol. The third kappa shape index (κ3) is 2.95. The fourth-order valence-electron chi connectivity index (χ4n) is 3.15. The number of rotatable bonds is 4. The van der Waals surface area contributed by atoms with Gasteiger partial charge in [0.2, 0.25) is 0 Å². The van der Waals surface area contributed by atoms with Crippen LogP contribution in [0.25, 0.3) is 10.9 Å². The Kier molecular flexibility index (Phi) is 4.25. The van der Waals surface area contributed by atoms with Crippen molar-refractivity contribution in [1.82, 2.24) is 15.2 Å². The van der Waals surface area contributed by atoms with Gasteiger partial charge >= 0.3 is 0 Å². The molecule has 1 aliphatic rings. The number of para-hydroxylation sites is 1. The first-order chi connectivity index (χ1) is 10.3. The van der Waals surface area contributed by atoms with E-state index in [1.165, 1.54) is 0 Å². The van der Waals surface area contributed by atoms with Crippen LogP contribution in [0.5, 0.6) is 0 Å². The number of carbonyl (C=O) groups excluding carboxylic acids is 1. The molecule has 0 saturated carbocycles. The van der Waals surface area contributed by atoms with Crippen LogP contribution in [0.15, 0.2) is 30.5 Å². The highest BCUT2D eigenvalue weighted by molar-refractivity contribution is 6.06. The molecule has 1 aliphatic heterocycles. The van der Waals surface area contributed by atoms with Gasteiger partial charge in [-0.3, -0.25) is 4.79 Å². The van der Waals surface area contributed by atoms with Crippen molar-refractivity contribution in [2.24, 2.45) is 5.92 Å². The molecule has 0 bridgehead atoms. The molecule has 4 nitrogen and oxygen atoms in total. The largest absolute Gasteiger partial charge is 0.360 e. The van der Waals surface area contributed by atoms with Gasteiger partial charge in [-0.1, -0.05) is 18.2 Å². The lowest BCUT2D eigenvalue weighted by molar-refractivity contribution is 0.0729. The molecule has 0 aliphatic carbocycles. The Labute approximate surface area is 125 Å². The van der Waals surface area contributed by atoms with Crippen LogP contribution in [-0.4, -0.2) is 42.0 Å². The van der Waals surface area contributed by atoms with E-state index < -0.39 is 0 Å². The first-order valence-electron chi connectivity index (χ1n) is 7.85. The summed E-state index contributed by atoms with van der Waals surface area (Å²) in [5, 5.41) is 4.40. The Balaban J connectivity index is 1.78. The van der Waals surface area contributed by atoms with Gasteiger partial charge in [-0.25, -0.2) is 0 Å². The third-order valence-corrected chi connectivity index (χ3v) is 4.43. The van der Waals surface area contributed by atoms with E-state index >= 15 is 0 Å². The lowest BCUT2D eigenvalue weighted by Gasteiger charge is -2.29. The molecule has 21 heavy (non-hydrogen) atoms. The van der Waals surface area contributed by atoms with Crippen molar-refractivity contribution < 1.29 is 4.79 Å². The summed E-state index contributed by atoms with van der Waals surface area (Å²) >= 11 is 0. The van der Waals surface area contributed by atoms with Gasteiger partial charge in [0.05, 0.1) is 5.56 Å². The van der Waals surface area contributed by atoms with E-state index in [1.54, 1.807) is 0 Å². The standard InChI is InChI=1S/C17H23N3O/c1-2-20(12-13-7-9-18-10-8-13)17(21)15-11-19-16-6-4-3-5-14(15)16/h3-6,11,13,18-19H,2,7-10,12H2,1H3. The van der Waals surface area contributed by atoms with Gasteiger partial charge < -0.3 is 15.2 Å². The number of hydrogen-bond acceptors (Lipinski definition) is 2. The van der Waals surface area contributed by atoms with Gasteiger partial charge in [-0.15, -0.1) is 0 Å². The minimum Gasteiger partial charge on any atom is -0.360 e. The molecule has 2 heterocycles. The molecule has 0 radical (unpaired) electrons. The van der Waals surface area contributed by atoms with Crippen molar-refractivity contribution in [1.29, 1.82) is 0 Å². The van der Waals surface area contributed by atoms with E-state index in [2.05, 4.69) is 17.2 Å². The van der Waals surface area contributed by atoms with Crippen LogP contribution >= 0.6 is 0 Å². The van der Waals surface area contributed by atoms with Crippen LogP contribution in [0, 0.1) is 5.92 Å². The maximum atomic E-state index is 12.8. The van der Waals surface area contributed by atoms with Crippen molar-refractivity contribution in [3.8, 4) is 0 Å². The summed E-state index contributed by atoms with van der Waals surface area (Å²) in [5.74, 6) is 0.772. The minimum absolute atomic E-state index is 0.147. The topological polar surface area (TPSA) is 48.1 Å². The molecule has 2 N–H and O–H groups in total.